The lowest BCUT2D eigenvalue weighted by molar-refractivity contribution is 0.476. The Labute approximate surface area is 167 Å². The normalized spacial score (nSPS) is 11.4. The minimum absolute atomic E-state index is 0. The van der Waals surface area contributed by atoms with Crippen LogP contribution in [0.3, 0.4) is 0 Å². The minimum atomic E-state index is 0. The number of thiazole rings is 1. The van der Waals surface area contributed by atoms with E-state index in [0.29, 0.717) is 13.1 Å². The molecule has 2 aromatic heterocycles. The highest BCUT2D eigenvalue weighted by Crippen LogP contribution is 2.16. The fraction of sp³-hybridized carbons (Fsp3) is 0.250. The first-order chi connectivity index (χ1) is 11.2. The summed E-state index contributed by atoms with van der Waals surface area (Å²) in [5.41, 5.74) is 2.06. The summed E-state index contributed by atoms with van der Waals surface area (Å²) < 4.78 is 2.03. The van der Waals surface area contributed by atoms with Crippen LogP contribution in [0.4, 0.5) is 0 Å². The zero-order chi connectivity index (χ0) is 16.2. The van der Waals surface area contributed by atoms with E-state index in [9.17, 15) is 0 Å². The van der Waals surface area contributed by atoms with Gasteiger partial charge in [-0.25, -0.2) is 4.98 Å². The second kappa shape index (κ2) is 8.68. The van der Waals surface area contributed by atoms with Gasteiger partial charge in [0.1, 0.15) is 0 Å². The first kappa shape index (κ1) is 19.0. The first-order valence-corrected chi connectivity index (χ1v) is 8.49. The highest BCUT2D eigenvalue weighted by molar-refractivity contribution is 14.0. The molecule has 0 aliphatic carbocycles. The molecule has 128 valence electrons. The molecule has 0 bridgehead atoms. The molecule has 2 heterocycles. The zero-order valence-corrected chi connectivity index (χ0v) is 17.3. The molecule has 0 aliphatic heterocycles. The quantitative estimate of drug-likeness (QED) is 0.354. The number of aromatic nitrogens is 2. The van der Waals surface area contributed by atoms with Crippen LogP contribution in [0.2, 0.25) is 5.02 Å². The van der Waals surface area contributed by atoms with Crippen molar-refractivity contribution in [1.29, 1.82) is 0 Å². The summed E-state index contributed by atoms with van der Waals surface area (Å²) in [6, 6.07) is 7.85. The predicted molar refractivity (Wildman–Crippen MR) is 112 cm³/mol. The number of rotatable bonds is 4. The molecule has 0 fully saturated rings. The van der Waals surface area contributed by atoms with E-state index in [1.54, 1.807) is 18.4 Å². The molecule has 24 heavy (non-hydrogen) atoms. The van der Waals surface area contributed by atoms with Gasteiger partial charge < -0.3 is 10.2 Å². The van der Waals surface area contributed by atoms with Crippen molar-refractivity contribution in [2.45, 2.75) is 13.1 Å². The van der Waals surface area contributed by atoms with Gasteiger partial charge in [-0.05, 0) is 11.6 Å². The lowest BCUT2D eigenvalue weighted by Gasteiger charge is -2.22. The zero-order valence-electron chi connectivity index (χ0n) is 13.4. The number of nitrogens with one attached hydrogen (secondary N) is 1. The van der Waals surface area contributed by atoms with E-state index in [1.807, 2.05) is 58.4 Å². The number of guanidine groups is 1. The summed E-state index contributed by atoms with van der Waals surface area (Å²) in [6.07, 6.45) is 4.04. The van der Waals surface area contributed by atoms with Crippen LogP contribution in [0.15, 0.2) is 47.0 Å². The van der Waals surface area contributed by atoms with Gasteiger partial charge in [0.15, 0.2) is 10.9 Å². The van der Waals surface area contributed by atoms with Crippen LogP contribution >= 0.6 is 46.9 Å². The lowest BCUT2D eigenvalue weighted by Crippen LogP contribution is -2.38. The first-order valence-electron chi connectivity index (χ1n) is 7.23. The van der Waals surface area contributed by atoms with E-state index in [2.05, 4.69) is 15.3 Å². The SMILES string of the molecule is CN=C(NCc1cn2ccsc2n1)N(C)Cc1ccccc1Cl.I. The Morgan fingerprint density at radius 2 is 2.21 bits per heavy atom. The second-order valence-electron chi connectivity index (χ2n) is 5.17. The molecular weight excluding hydrogens is 457 g/mol. The number of nitrogens with zero attached hydrogens (tertiary/aromatic N) is 4. The Hall–Kier alpha value is -1.32. The maximum atomic E-state index is 6.22. The Morgan fingerprint density at radius 1 is 1.42 bits per heavy atom. The molecule has 0 spiro atoms. The van der Waals surface area contributed by atoms with E-state index in [4.69, 9.17) is 11.6 Å². The van der Waals surface area contributed by atoms with E-state index in [-0.39, 0.29) is 24.0 Å². The van der Waals surface area contributed by atoms with E-state index < -0.39 is 0 Å². The molecule has 0 amide bonds. The van der Waals surface area contributed by atoms with Gasteiger partial charge in [-0.1, -0.05) is 29.8 Å². The summed E-state index contributed by atoms with van der Waals surface area (Å²) in [5.74, 6) is 0.807. The molecule has 0 aliphatic rings. The van der Waals surface area contributed by atoms with E-state index in [0.717, 1.165) is 27.2 Å². The third-order valence-corrected chi connectivity index (χ3v) is 4.65. The average Bonchev–Trinajstić information content (AvgIpc) is 3.11. The molecule has 1 N–H and O–H groups in total. The summed E-state index contributed by atoms with van der Waals surface area (Å²) in [4.78, 5) is 11.9. The van der Waals surface area contributed by atoms with Gasteiger partial charge in [-0.2, -0.15) is 0 Å². The molecule has 0 saturated heterocycles. The maximum absolute atomic E-state index is 6.22. The summed E-state index contributed by atoms with van der Waals surface area (Å²) in [5, 5.41) is 6.13. The topological polar surface area (TPSA) is 44.9 Å². The highest BCUT2D eigenvalue weighted by Gasteiger charge is 2.10. The number of fused-ring (bicyclic) bond motifs is 1. The van der Waals surface area contributed by atoms with Crippen LogP contribution in [0.1, 0.15) is 11.3 Å². The number of benzene rings is 1. The fourth-order valence-electron chi connectivity index (χ4n) is 2.37. The van der Waals surface area contributed by atoms with Gasteiger partial charge in [0.05, 0.1) is 12.2 Å². The van der Waals surface area contributed by atoms with E-state index >= 15 is 0 Å². The van der Waals surface area contributed by atoms with Crippen LogP contribution in [0.25, 0.3) is 4.96 Å². The Bertz CT molecular complexity index is 800. The number of halogens is 2. The predicted octanol–water partition coefficient (Wildman–Crippen LogP) is 3.87. The number of hydrogen-bond donors (Lipinski definition) is 1. The largest absolute Gasteiger partial charge is 0.351 e. The van der Waals surface area contributed by atoms with Crippen LogP contribution < -0.4 is 5.32 Å². The van der Waals surface area contributed by atoms with Crippen molar-refractivity contribution in [3.63, 3.8) is 0 Å². The van der Waals surface area contributed by atoms with Crippen molar-refractivity contribution < 1.29 is 0 Å². The van der Waals surface area contributed by atoms with Crippen LogP contribution in [0, 0.1) is 0 Å². The maximum Gasteiger partial charge on any atom is 0.194 e. The van der Waals surface area contributed by atoms with E-state index in [1.165, 1.54) is 0 Å². The highest BCUT2D eigenvalue weighted by atomic mass is 127. The van der Waals surface area contributed by atoms with Gasteiger partial charge in [0.2, 0.25) is 0 Å². The molecule has 1 aromatic carbocycles. The van der Waals surface area contributed by atoms with Gasteiger partial charge in [-0.15, -0.1) is 35.3 Å². The smallest absolute Gasteiger partial charge is 0.194 e. The molecule has 3 rings (SSSR count). The summed E-state index contributed by atoms with van der Waals surface area (Å²) in [6.45, 7) is 1.32. The molecule has 8 heteroatoms. The monoisotopic (exact) mass is 475 g/mol. The van der Waals surface area contributed by atoms with Gasteiger partial charge >= 0.3 is 0 Å². The third-order valence-electron chi connectivity index (χ3n) is 3.51. The van der Waals surface area contributed by atoms with Crippen molar-refractivity contribution in [3.05, 3.63) is 58.3 Å². The molecule has 5 nitrogen and oxygen atoms in total. The molecule has 0 unspecified atom stereocenters. The Balaban J connectivity index is 0.00000208. The van der Waals surface area contributed by atoms with Crippen LogP contribution in [0.5, 0.6) is 0 Å². The summed E-state index contributed by atoms with van der Waals surface area (Å²) >= 11 is 7.85. The minimum Gasteiger partial charge on any atom is -0.351 e. The van der Waals surface area contributed by atoms with Crippen molar-refractivity contribution in [2.24, 2.45) is 4.99 Å². The fourth-order valence-corrected chi connectivity index (χ4v) is 3.29. The van der Waals surface area contributed by atoms with Gasteiger partial charge in [0.25, 0.3) is 0 Å². The standard InChI is InChI=1S/C16H18ClN5S.HI/c1-18-15(21(2)10-12-5-3-4-6-14(12)17)19-9-13-11-22-7-8-23-16(22)20-13;/h3-8,11H,9-10H2,1-2H3,(H,18,19);1H. The van der Waals surface area contributed by atoms with Gasteiger partial charge in [-0.3, -0.25) is 9.39 Å². The summed E-state index contributed by atoms with van der Waals surface area (Å²) in [7, 11) is 3.77. The molecule has 0 atom stereocenters. The number of imidazole rings is 1. The second-order valence-corrected chi connectivity index (χ2v) is 6.45. The van der Waals surface area contributed by atoms with Crippen LogP contribution in [-0.2, 0) is 13.1 Å². The van der Waals surface area contributed by atoms with Crippen molar-refractivity contribution in [3.8, 4) is 0 Å². The molecule has 0 saturated carbocycles. The van der Waals surface area contributed by atoms with Gasteiger partial charge in [0, 0.05) is 43.4 Å². The van der Waals surface area contributed by atoms with Crippen LogP contribution in [-0.4, -0.2) is 34.3 Å². The van der Waals surface area contributed by atoms with Crippen molar-refractivity contribution in [2.75, 3.05) is 14.1 Å². The Morgan fingerprint density at radius 3 is 2.92 bits per heavy atom. The van der Waals surface area contributed by atoms with Crippen molar-refractivity contribution >= 4 is 57.8 Å². The molecule has 0 radical (unpaired) electrons. The molecular formula is C16H19ClIN5S. The Kier molecular flexibility index (Phi) is 6.88. The molecule has 3 aromatic rings. The third kappa shape index (κ3) is 4.40. The average molecular weight is 476 g/mol. The lowest BCUT2D eigenvalue weighted by atomic mass is 10.2. The number of aliphatic imine (C=N–C) groups is 1. The number of hydrogen-bond acceptors (Lipinski definition) is 3. The van der Waals surface area contributed by atoms with Crippen molar-refractivity contribution in [1.82, 2.24) is 19.6 Å².